The first-order valence-electron chi connectivity index (χ1n) is 9.94. The third-order valence-electron chi connectivity index (χ3n) is 5.03. The van der Waals surface area contributed by atoms with Crippen LogP contribution in [-0.4, -0.2) is 34.2 Å². The van der Waals surface area contributed by atoms with Gasteiger partial charge in [0.2, 0.25) is 0 Å². The van der Waals surface area contributed by atoms with E-state index in [2.05, 4.69) is 34.7 Å². The molecule has 0 fully saturated rings. The van der Waals surface area contributed by atoms with Crippen LogP contribution in [0.3, 0.4) is 0 Å². The number of benzene rings is 3. The third kappa shape index (κ3) is 5.23. The van der Waals surface area contributed by atoms with E-state index < -0.39 is 28.1 Å². The van der Waals surface area contributed by atoms with Crippen molar-refractivity contribution in [3.63, 3.8) is 0 Å². The molecule has 0 unspecified atom stereocenters. The first kappa shape index (κ1) is 24.6. The number of carbonyl (C=O) groups excluding carboxylic acids is 1. The summed E-state index contributed by atoms with van der Waals surface area (Å²) in [5.74, 6) is -0.579. The van der Waals surface area contributed by atoms with E-state index >= 15 is 0 Å². The maximum atomic E-state index is 13.2. The van der Waals surface area contributed by atoms with Crippen molar-refractivity contribution in [2.75, 3.05) is 4.72 Å². The fourth-order valence-electron chi connectivity index (χ4n) is 3.34. The largest absolute Gasteiger partial charge is 0.386 e. The fourth-order valence-corrected chi connectivity index (χ4v) is 5.77. The van der Waals surface area contributed by atoms with Crippen molar-refractivity contribution < 1.29 is 18.3 Å². The Hall–Kier alpha value is -2.57. The minimum Gasteiger partial charge on any atom is -0.386 e. The van der Waals surface area contributed by atoms with E-state index in [1.807, 2.05) is 6.07 Å². The van der Waals surface area contributed by atoms with Crippen LogP contribution in [0.5, 0.6) is 0 Å². The maximum absolute atomic E-state index is 13.2. The molecule has 34 heavy (non-hydrogen) atoms. The quantitative estimate of drug-likeness (QED) is 0.289. The van der Waals surface area contributed by atoms with Gasteiger partial charge in [-0.2, -0.15) is 8.75 Å². The van der Waals surface area contributed by atoms with Crippen molar-refractivity contribution in [3.05, 3.63) is 81.3 Å². The summed E-state index contributed by atoms with van der Waals surface area (Å²) in [6.07, 6.45) is -0.983. The van der Waals surface area contributed by atoms with E-state index in [0.29, 0.717) is 11.1 Å². The zero-order valence-electron chi connectivity index (χ0n) is 17.6. The van der Waals surface area contributed by atoms with Crippen LogP contribution in [0.2, 0.25) is 5.02 Å². The lowest BCUT2D eigenvalue weighted by molar-refractivity contribution is 0.0853. The highest BCUT2D eigenvalue weighted by Crippen LogP contribution is 2.28. The molecule has 176 valence electrons. The maximum Gasteiger partial charge on any atom is 0.264 e. The average molecular weight is 582 g/mol. The Morgan fingerprint density at radius 3 is 2.65 bits per heavy atom. The minimum absolute atomic E-state index is 0.00524. The van der Waals surface area contributed by atoms with E-state index in [-0.39, 0.29) is 26.7 Å². The van der Waals surface area contributed by atoms with Gasteiger partial charge in [-0.05, 0) is 55.0 Å². The number of carbonyl (C=O) groups is 1. The van der Waals surface area contributed by atoms with Crippen molar-refractivity contribution in [2.45, 2.75) is 24.0 Å². The number of fused-ring (bicyclic) bond motifs is 1. The summed E-state index contributed by atoms with van der Waals surface area (Å²) in [7, 11) is -4.11. The van der Waals surface area contributed by atoms with Crippen molar-refractivity contribution >= 4 is 71.9 Å². The Bertz CT molecular complexity index is 1480. The second kappa shape index (κ2) is 9.96. The van der Waals surface area contributed by atoms with Crippen molar-refractivity contribution in [3.8, 4) is 0 Å². The lowest BCUT2D eigenvalue weighted by Crippen LogP contribution is -2.37. The molecular formula is C22H18BrClN4O4S2. The second-order valence-electron chi connectivity index (χ2n) is 7.45. The molecule has 3 aromatic carbocycles. The van der Waals surface area contributed by atoms with Crippen LogP contribution >= 0.6 is 39.3 Å². The highest BCUT2D eigenvalue weighted by Gasteiger charge is 2.25. The molecule has 1 amide bonds. The molecule has 0 bridgehead atoms. The monoisotopic (exact) mass is 580 g/mol. The van der Waals surface area contributed by atoms with E-state index in [4.69, 9.17) is 11.6 Å². The number of aliphatic hydroxyl groups excluding tert-OH is 1. The fraction of sp³-hybridized carbons (Fsp3) is 0.136. The summed E-state index contributed by atoms with van der Waals surface area (Å²) in [6.45, 7) is 1.65. The van der Waals surface area contributed by atoms with Crippen LogP contribution in [0.1, 0.15) is 28.9 Å². The van der Waals surface area contributed by atoms with Crippen LogP contribution < -0.4 is 10.0 Å². The number of sulfonamides is 1. The first-order chi connectivity index (χ1) is 16.2. The van der Waals surface area contributed by atoms with Gasteiger partial charge in [0.25, 0.3) is 15.9 Å². The van der Waals surface area contributed by atoms with Gasteiger partial charge in [0.05, 0.1) is 35.1 Å². The molecule has 0 aliphatic rings. The average Bonchev–Trinajstić information content (AvgIpc) is 3.27. The number of halogens is 2. The molecule has 0 saturated carbocycles. The molecule has 4 rings (SSSR count). The summed E-state index contributed by atoms with van der Waals surface area (Å²) in [5, 5.41) is 13.6. The molecule has 0 spiro atoms. The molecule has 0 saturated heterocycles. The van der Waals surface area contributed by atoms with Gasteiger partial charge in [0, 0.05) is 9.50 Å². The molecular weight excluding hydrogens is 564 g/mol. The van der Waals surface area contributed by atoms with Gasteiger partial charge in [-0.15, -0.1) is 0 Å². The standard InChI is InChI=1S/C22H18BrClN4O4S2/c1-12(21(29)13-4-2-5-14(23)10-13)25-22(30)16-9-8-15(24)11-18(16)28-34(31,32)19-7-3-6-17-20(19)27-33-26-17/h2-12,21,28-29H,1H3,(H,25,30)/t12-,21-/m1/s1. The molecule has 3 N–H and O–H groups in total. The van der Waals surface area contributed by atoms with E-state index in [0.717, 1.165) is 16.2 Å². The summed E-state index contributed by atoms with van der Waals surface area (Å²) >= 11 is 10.4. The summed E-state index contributed by atoms with van der Waals surface area (Å²) in [5.41, 5.74) is 1.34. The number of nitrogens with one attached hydrogen (secondary N) is 2. The Kier molecular flexibility index (Phi) is 7.20. The summed E-state index contributed by atoms with van der Waals surface area (Å²) in [4.78, 5) is 13.0. The molecule has 1 heterocycles. The first-order valence-corrected chi connectivity index (χ1v) is 13.3. The van der Waals surface area contributed by atoms with Gasteiger partial charge in [-0.3, -0.25) is 9.52 Å². The molecule has 0 aliphatic carbocycles. The van der Waals surface area contributed by atoms with E-state index in [1.165, 1.54) is 24.3 Å². The number of aromatic nitrogens is 2. The molecule has 8 nitrogen and oxygen atoms in total. The lowest BCUT2D eigenvalue weighted by Gasteiger charge is -2.22. The highest BCUT2D eigenvalue weighted by atomic mass is 79.9. The molecule has 4 aromatic rings. The zero-order valence-corrected chi connectivity index (χ0v) is 21.5. The van der Waals surface area contributed by atoms with Gasteiger partial charge in [0.1, 0.15) is 15.9 Å². The lowest BCUT2D eigenvalue weighted by atomic mass is 10.0. The van der Waals surface area contributed by atoms with Crippen molar-refractivity contribution in [1.29, 1.82) is 0 Å². The number of hydrogen-bond donors (Lipinski definition) is 3. The topological polar surface area (TPSA) is 121 Å². The SMILES string of the molecule is C[C@@H](NC(=O)c1ccc(Cl)cc1NS(=O)(=O)c1cccc2nsnc12)[C@@H](O)c1cccc(Br)c1. The Morgan fingerprint density at radius 2 is 1.88 bits per heavy atom. The molecule has 1 aromatic heterocycles. The van der Waals surface area contributed by atoms with Crippen molar-refractivity contribution in [2.24, 2.45) is 0 Å². The van der Waals surface area contributed by atoms with Gasteiger partial charge in [-0.25, -0.2) is 8.42 Å². The van der Waals surface area contributed by atoms with Crippen LogP contribution in [0, 0.1) is 0 Å². The summed E-state index contributed by atoms with van der Waals surface area (Å²) < 4.78 is 37.7. The molecule has 2 atom stereocenters. The van der Waals surface area contributed by atoms with Gasteiger partial charge in [0.15, 0.2) is 0 Å². The Labute approximate surface area is 213 Å². The Balaban J connectivity index is 1.60. The number of nitrogens with zero attached hydrogens (tertiary/aromatic N) is 2. The van der Waals surface area contributed by atoms with Gasteiger partial charge in [-0.1, -0.05) is 45.7 Å². The van der Waals surface area contributed by atoms with Crippen LogP contribution in [0.15, 0.2) is 70.0 Å². The number of amides is 1. The van der Waals surface area contributed by atoms with Crippen LogP contribution in [0.25, 0.3) is 11.0 Å². The second-order valence-corrected chi connectivity index (χ2v) is 11.0. The zero-order chi connectivity index (χ0) is 24.5. The molecule has 0 radical (unpaired) electrons. The van der Waals surface area contributed by atoms with Crippen LogP contribution in [-0.2, 0) is 10.0 Å². The van der Waals surface area contributed by atoms with Gasteiger partial charge < -0.3 is 10.4 Å². The molecule has 0 aliphatic heterocycles. The number of aliphatic hydroxyl groups is 1. The predicted octanol–water partition coefficient (Wildman–Crippen LogP) is 4.76. The highest BCUT2D eigenvalue weighted by molar-refractivity contribution is 9.10. The number of hydrogen-bond acceptors (Lipinski definition) is 7. The minimum atomic E-state index is -4.11. The van der Waals surface area contributed by atoms with Gasteiger partial charge >= 0.3 is 0 Å². The Morgan fingerprint density at radius 1 is 1.12 bits per heavy atom. The van der Waals surface area contributed by atoms with E-state index in [9.17, 15) is 18.3 Å². The number of rotatable bonds is 7. The van der Waals surface area contributed by atoms with Crippen molar-refractivity contribution in [1.82, 2.24) is 14.1 Å². The predicted molar refractivity (Wildman–Crippen MR) is 136 cm³/mol. The summed E-state index contributed by atoms with van der Waals surface area (Å²) in [6, 6.07) is 15.3. The van der Waals surface area contributed by atoms with E-state index in [1.54, 1.807) is 37.3 Å². The number of anilines is 1. The smallest absolute Gasteiger partial charge is 0.264 e. The molecule has 12 heteroatoms. The normalized spacial score (nSPS) is 13.4. The van der Waals surface area contributed by atoms with Crippen LogP contribution in [0.4, 0.5) is 5.69 Å². The third-order valence-corrected chi connectivity index (χ3v) is 7.70.